The van der Waals surface area contributed by atoms with Gasteiger partial charge in [-0.25, -0.2) is 4.68 Å². The van der Waals surface area contributed by atoms with Crippen LogP contribution in [0.1, 0.15) is 24.9 Å². The van der Waals surface area contributed by atoms with Gasteiger partial charge >= 0.3 is 0 Å². The van der Waals surface area contributed by atoms with Crippen molar-refractivity contribution in [2.75, 3.05) is 5.32 Å². The van der Waals surface area contributed by atoms with Crippen LogP contribution in [0, 0.1) is 6.92 Å². The molecule has 1 N–H and O–H groups in total. The van der Waals surface area contributed by atoms with E-state index in [1.807, 2.05) is 44.2 Å². The maximum atomic E-state index is 12.9. The zero-order valence-electron chi connectivity index (χ0n) is 15.1. The molecule has 1 unspecified atom stereocenters. The highest BCUT2D eigenvalue weighted by Crippen LogP contribution is 2.24. The van der Waals surface area contributed by atoms with Gasteiger partial charge in [-0.3, -0.25) is 9.59 Å². The van der Waals surface area contributed by atoms with Crippen molar-refractivity contribution in [1.29, 1.82) is 0 Å². The molecule has 0 aliphatic heterocycles. The number of carbonyl (C=O) groups excluding carboxylic acids is 1. The highest BCUT2D eigenvalue weighted by molar-refractivity contribution is 6.31. The third kappa shape index (κ3) is 4.09. The van der Waals surface area contributed by atoms with Gasteiger partial charge in [0.1, 0.15) is 6.04 Å². The van der Waals surface area contributed by atoms with Crippen LogP contribution < -0.4 is 10.9 Å². The maximum absolute atomic E-state index is 12.9. The standard InChI is InChI=1S/C21H20ClN3O2/c1-3-19(21(27)23-17-11-7-10-16(22)14(17)2)25-20(26)13-12-18(24-25)15-8-5-4-6-9-15/h4-13,19H,3H2,1-2H3,(H,23,27). The van der Waals surface area contributed by atoms with Crippen LogP contribution in [0.15, 0.2) is 65.5 Å². The van der Waals surface area contributed by atoms with E-state index in [1.54, 1.807) is 24.3 Å². The van der Waals surface area contributed by atoms with E-state index in [1.165, 1.54) is 10.7 Å². The highest BCUT2D eigenvalue weighted by Gasteiger charge is 2.22. The van der Waals surface area contributed by atoms with Crippen molar-refractivity contribution in [3.63, 3.8) is 0 Å². The molecule has 0 spiro atoms. The molecule has 5 nitrogen and oxygen atoms in total. The molecule has 1 heterocycles. The summed E-state index contributed by atoms with van der Waals surface area (Å²) in [5.74, 6) is -0.303. The van der Waals surface area contributed by atoms with Crippen LogP contribution in [0.2, 0.25) is 5.02 Å². The van der Waals surface area contributed by atoms with Crippen molar-refractivity contribution >= 4 is 23.2 Å². The fourth-order valence-electron chi connectivity index (χ4n) is 2.84. The first-order valence-electron chi connectivity index (χ1n) is 8.72. The average Bonchev–Trinajstić information content (AvgIpc) is 2.68. The van der Waals surface area contributed by atoms with Gasteiger partial charge in [0.2, 0.25) is 5.91 Å². The third-order valence-electron chi connectivity index (χ3n) is 4.40. The molecule has 0 fully saturated rings. The average molecular weight is 382 g/mol. The molecule has 0 bridgehead atoms. The number of aromatic nitrogens is 2. The molecule has 3 rings (SSSR count). The lowest BCUT2D eigenvalue weighted by Gasteiger charge is -2.18. The van der Waals surface area contributed by atoms with Crippen molar-refractivity contribution in [2.24, 2.45) is 0 Å². The zero-order chi connectivity index (χ0) is 19.4. The summed E-state index contributed by atoms with van der Waals surface area (Å²) in [7, 11) is 0. The van der Waals surface area contributed by atoms with Gasteiger partial charge < -0.3 is 5.32 Å². The predicted octanol–water partition coefficient (Wildman–Crippen LogP) is 4.46. The Labute approximate surface area is 162 Å². The van der Waals surface area contributed by atoms with Crippen LogP contribution >= 0.6 is 11.6 Å². The molecular formula is C21H20ClN3O2. The number of nitrogens with one attached hydrogen (secondary N) is 1. The van der Waals surface area contributed by atoms with E-state index in [0.29, 0.717) is 22.8 Å². The summed E-state index contributed by atoms with van der Waals surface area (Å²) in [4.78, 5) is 25.2. The van der Waals surface area contributed by atoms with Gasteiger partial charge in [0.15, 0.2) is 0 Å². The quantitative estimate of drug-likeness (QED) is 0.709. The van der Waals surface area contributed by atoms with E-state index in [0.717, 1.165) is 11.1 Å². The Bertz CT molecular complexity index is 1020. The van der Waals surface area contributed by atoms with Crippen molar-refractivity contribution in [1.82, 2.24) is 9.78 Å². The molecule has 1 amide bonds. The number of rotatable bonds is 5. The van der Waals surface area contributed by atoms with Gasteiger partial charge in [0.05, 0.1) is 5.69 Å². The number of anilines is 1. The number of nitrogens with zero attached hydrogens (tertiary/aromatic N) is 2. The van der Waals surface area contributed by atoms with Gasteiger partial charge in [-0.05, 0) is 37.1 Å². The molecule has 0 radical (unpaired) electrons. The zero-order valence-corrected chi connectivity index (χ0v) is 15.9. The highest BCUT2D eigenvalue weighted by atomic mass is 35.5. The van der Waals surface area contributed by atoms with Crippen molar-refractivity contribution in [3.05, 3.63) is 81.6 Å². The Morgan fingerprint density at radius 1 is 1.11 bits per heavy atom. The molecule has 0 aliphatic carbocycles. The minimum atomic E-state index is -0.723. The van der Waals surface area contributed by atoms with E-state index >= 15 is 0 Å². The summed E-state index contributed by atoms with van der Waals surface area (Å²) in [5.41, 5.74) is 2.60. The first kappa shape index (κ1) is 18.9. The smallest absolute Gasteiger partial charge is 0.267 e. The fraction of sp³-hybridized carbons (Fsp3) is 0.190. The maximum Gasteiger partial charge on any atom is 0.267 e. The third-order valence-corrected chi connectivity index (χ3v) is 4.81. The Morgan fingerprint density at radius 2 is 1.85 bits per heavy atom. The number of halogens is 1. The summed E-state index contributed by atoms with van der Waals surface area (Å²) < 4.78 is 1.25. The predicted molar refractivity (Wildman–Crippen MR) is 108 cm³/mol. The molecule has 2 aromatic carbocycles. The molecular weight excluding hydrogens is 362 g/mol. The molecule has 6 heteroatoms. The lowest BCUT2D eigenvalue weighted by Crippen LogP contribution is -2.34. The van der Waals surface area contributed by atoms with Gasteiger partial charge in [-0.15, -0.1) is 0 Å². The van der Waals surface area contributed by atoms with E-state index in [2.05, 4.69) is 10.4 Å². The summed E-state index contributed by atoms with van der Waals surface area (Å²) in [6.07, 6.45) is 0.427. The molecule has 1 atom stereocenters. The van der Waals surface area contributed by atoms with Gasteiger partial charge in [-0.1, -0.05) is 54.9 Å². The Morgan fingerprint density at radius 3 is 2.56 bits per heavy atom. The van der Waals surface area contributed by atoms with Crippen LogP contribution in [-0.4, -0.2) is 15.7 Å². The minimum absolute atomic E-state index is 0.303. The number of hydrogen-bond donors (Lipinski definition) is 1. The van der Waals surface area contributed by atoms with Crippen LogP contribution in [0.25, 0.3) is 11.3 Å². The van der Waals surface area contributed by atoms with Crippen LogP contribution in [0.4, 0.5) is 5.69 Å². The van der Waals surface area contributed by atoms with Crippen molar-refractivity contribution in [3.8, 4) is 11.3 Å². The summed E-state index contributed by atoms with van der Waals surface area (Å²) in [6.45, 7) is 3.68. The van der Waals surface area contributed by atoms with E-state index in [4.69, 9.17) is 11.6 Å². The Balaban J connectivity index is 1.94. The van der Waals surface area contributed by atoms with Crippen LogP contribution in [0.3, 0.4) is 0 Å². The fourth-order valence-corrected chi connectivity index (χ4v) is 3.01. The van der Waals surface area contributed by atoms with Crippen LogP contribution in [0.5, 0.6) is 0 Å². The molecule has 3 aromatic rings. The topological polar surface area (TPSA) is 64.0 Å². The molecule has 1 aromatic heterocycles. The van der Waals surface area contributed by atoms with E-state index < -0.39 is 6.04 Å². The molecule has 138 valence electrons. The molecule has 0 aliphatic rings. The van der Waals surface area contributed by atoms with Crippen molar-refractivity contribution < 1.29 is 4.79 Å². The number of benzene rings is 2. The minimum Gasteiger partial charge on any atom is -0.324 e. The lowest BCUT2D eigenvalue weighted by atomic mass is 10.1. The Hall–Kier alpha value is -2.92. The van der Waals surface area contributed by atoms with Gasteiger partial charge in [0.25, 0.3) is 5.56 Å². The number of carbonyl (C=O) groups is 1. The van der Waals surface area contributed by atoms with E-state index in [-0.39, 0.29) is 11.5 Å². The molecule has 27 heavy (non-hydrogen) atoms. The summed E-state index contributed by atoms with van der Waals surface area (Å²) in [5, 5.41) is 7.87. The first-order valence-corrected chi connectivity index (χ1v) is 9.10. The SMILES string of the molecule is CCC(C(=O)Nc1cccc(Cl)c1C)n1nc(-c2ccccc2)ccc1=O. The van der Waals surface area contributed by atoms with Crippen molar-refractivity contribution in [2.45, 2.75) is 26.3 Å². The van der Waals surface area contributed by atoms with Gasteiger partial charge in [0, 0.05) is 22.3 Å². The molecule has 0 saturated carbocycles. The summed E-state index contributed by atoms with van der Waals surface area (Å²) in [6, 6.07) is 17.2. The second kappa shape index (κ2) is 8.18. The first-order chi connectivity index (χ1) is 13.0. The normalized spacial score (nSPS) is 11.8. The van der Waals surface area contributed by atoms with Crippen LogP contribution in [-0.2, 0) is 4.79 Å². The number of hydrogen-bond acceptors (Lipinski definition) is 3. The van der Waals surface area contributed by atoms with E-state index in [9.17, 15) is 9.59 Å². The monoisotopic (exact) mass is 381 g/mol. The number of amides is 1. The Kier molecular flexibility index (Phi) is 5.72. The largest absolute Gasteiger partial charge is 0.324 e. The molecule has 0 saturated heterocycles. The second-order valence-electron chi connectivity index (χ2n) is 6.19. The lowest BCUT2D eigenvalue weighted by molar-refractivity contribution is -0.119. The summed E-state index contributed by atoms with van der Waals surface area (Å²) >= 11 is 6.12. The van der Waals surface area contributed by atoms with Gasteiger partial charge in [-0.2, -0.15) is 5.10 Å². The second-order valence-corrected chi connectivity index (χ2v) is 6.60.